The molecule has 3 rings (SSSR count). The van der Waals surface area contributed by atoms with Crippen molar-refractivity contribution in [2.45, 2.75) is 44.5 Å². The Balaban J connectivity index is 2.06. The maximum absolute atomic E-state index is 6.17. The van der Waals surface area contributed by atoms with E-state index >= 15 is 0 Å². The highest BCUT2D eigenvalue weighted by atomic mass is 35.5. The number of aromatic nitrogens is 2. The molecule has 0 atom stereocenters. The molecule has 0 aliphatic heterocycles. The summed E-state index contributed by atoms with van der Waals surface area (Å²) in [5.74, 6) is 1.58. The lowest BCUT2D eigenvalue weighted by atomic mass is 10.2. The molecule has 2 heterocycles. The second kappa shape index (κ2) is 5.41. The average molecular weight is 278 g/mol. The lowest BCUT2D eigenvalue weighted by molar-refractivity contribution is 0.612. The topological polar surface area (TPSA) is 20.5 Å². The average Bonchev–Trinajstić information content (AvgIpc) is 3.07. The van der Waals surface area contributed by atoms with Gasteiger partial charge in [0.15, 0.2) is 5.82 Å². The van der Waals surface area contributed by atoms with Gasteiger partial charge >= 0.3 is 0 Å². The number of rotatable bonds is 4. The van der Waals surface area contributed by atoms with Gasteiger partial charge < -0.3 is 9.30 Å². The summed E-state index contributed by atoms with van der Waals surface area (Å²) in [7, 11) is 0. The van der Waals surface area contributed by atoms with E-state index < -0.39 is 0 Å². The van der Waals surface area contributed by atoms with E-state index in [9.17, 15) is 0 Å². The van der Waals surface area contributed by atoms with Crippen LogP contribution in [0.2, 0.25) is 0 Å². The molecular formula is C15H20ClN3. The van der Waals surface area contributed by atoms with E-state index in [2.05, 4.69) is 16.2 Å². The molecule has 0 aromatic carbocycles. The van der Waals surface area contributed by atoms with E-state index in [1.165, 1.54) is 25.7 Å². The third kappa shape index (κ3) is 2.20. The van der Waals surface area contributed by atoms with Crippen LogP contribution in [0.5, 0.6) is 0 Å². The van der Waals surface area contributed by atoms with Crippen LogP contribution in [0.3, 0.4) is 0 Å². The van der Waals surface area contributed by atoms with Crippen LogP contribution in [0.25, 0.3) is 5.65 Å². The Labute approximate surface area is 119 Å². The van der Waals surface area contributed by atoms with Crippen LogP contribution in [-0.4, -0.2) is 22.0 Å². The molecule has 1 fully saturated rings. The molecule has 1 aliphatic rings. The van der Waals surface area contributed by atoms with Crippen LogP contribution in [0.1, 0.15) is 38.3 Å². The lowest BCUT2D eigenvalue weighted by Gasteiger charge is -2.28. The normalized spacial score (nSPS) is 16.3. The first-order valence-corrected chi connectivity index (χ1v) is 7.67. The molecule has 0 unspecified atom stereocenters. The Morgan fingerprint density at radius 2 is 2.16 bits per heavy atom. The fraction of sp³-hybridized carbons (Fsp3) is 0.533. The predicted molar refractivity (Wildman–Crippen MR) is 80.0 cm³/mol. The van der Waals surface area contributed by atoms with E-state index in [1.54, 1.807) is 0 Å². The molecule has 0 radical (unpaired) electrons. The van der Waals surface area contributed by atoms with Gasteiger partial charge in [0.1, 0.15) is 5.65 Å². The van der Waals surface area contributed by atoms with Crippen molar-refractivity contribution in [2.24, 2.45) is 0 Å². The minimum absolute atomic E-state index is 0.504. The summed E-state index contributed by atoms with van der Waals surface area (Å²) in [6, 6.07) is 6.73. The van der Waals surface area contributed by atoms with Crippen LogP contribution in [0.4, 0.5) is 5.82 Å². The molecule has 0 saturated heterocycles. The first-order valence-electron chi connectivity index (χ1n) is 7.13. The van der Waals surface area contributed by atoms with Gasteiger partial charge in [-0.2, -0.15) is 0 Å². The quantitative estimate of drug-likeness (QED) is 0.792. The Hall–Kier alpha value is -1.22. The van der Waals surface area contributed by atoms with Crippen molar-refractivity contribution in [3.05, 3.63) is 30.1 Å². The summed E-state index contributed by atoms with van der Waals surface area (Å²) >= 11 is 6.17. The lowest BCUT2D eigenvalue weighted by Crippen LogP contribution is -2.34. The summed E-state index contributed by atoms with van der Waals surface area (Å²) in [6.07, 6.45) is 7.29. The molecule has 3 nitrogen and oxygen atoms in total. The highest BCUT2D eigenvalue weighted by molar-refractivity contribution is 6.17. The molecule has 102 valence electrons. The number of halogens is 1. The highest BCUT2D eigenvalue weighted by Crippen LogP contribution is 2.31. The Morgan fingerprint density at radius 3 is 2.84 bits per heavy atom. The summed E-state index contributed by atoms with van der Waals surface area (Å²) in [5.41, 5.74) is 2.11. The van der Waals surface area contributed by atoms with Crippen LogP contribution >= 0.6 is 11.6 Å². The van der Waals surface area contributed by atoms with Gasteiger partial charge in [0.2, 0.25) is 0 Å². The molecule has 0 spiro atoms. The number of anilines is 1. The summed E-state index contributed by atoms with van der Waals surface area (Å²) in [5, 5.41) is 0. The molecule has 0 amide bonds. The first kappa shape index (κ1) is 12.8. The van der Waals surface area contributed by atoms with Crippen molar-refractivity contribution in [1.82, 2.24) is 9.38 Å². The standard InChI is InChI=1S/C15H20ClN3/c1-2-18(12-7-3-4-8-12)15-13(11-16)19-10-6-5-9-14(19)17-15/h5-6,9-10,12H,2-4,7-8,11H2,1H3. The van der Waals surface area contributed by atoms with Gasteiger partial charge in [0.25, 0.3) is 0 Å². The smallest absolute Gasteiger partial charge is 0.152 e. The van der Waals surface area contributed by atoms with E-state index in [4.69, 9.17) is 16.6 Å². The number of fused-ring (bicyclic) bond motifs is 1. The minimum Gasteiger partial charge on any atom is -0.352 e. The van der Waals surface area contributed by atoms with Gasteiger partial charge in [0, 0.05) is 18.8 Å². The molecule has 1 aliphatic carbocycles. The van der Waals surface area contributed by atoms with Crippen LogP contribution in [0.15, 0.2) is 24.4 Å². The van der Waals surface area contributed by atoms with E-state index in [0.29, 0.717) is 11.9 Å². The van der Waals surface area contributed by atoms with Gasteiger partial charge in [-0.05, 0) is 31.9 Å². The fourth-order valence-electron chi connectivity index (χ4n) is 3.19. The number of nitrogens with zero attached hydrogens (tertiary/aromatic N) is 3. The molecule has 0 bridgehead atoms. The number of imidazole rings is 1. The Bertz CT molecular complexity index is 558. The second-order valence-corrected chi connectivity index (χ2v) is 5.44. The summed E-state index contributed by atoms with van der Waals surface area (Å²) in [6.45, 7) is 3.21. The Kier molecular flexibility index (Phi) is 3.65. The van der Waals surface area contributed by atoms with E-state index in [-0.39, 0.29) is 0 Å². The molecule has 1 saturated carbocycles. The Morgan fingerprint density at radius 1 is 1.37 bits per heavy atom. The van der Waals surface area contributed by atoms with Crippen LogP contribution in [0, 0.1) is 0 Å². The second-order valence-electron chi connectivity index (χ2n) is 5.17. The van der Waals surface area contributed by atoms with Gasteiger partial charge in [-0.25, -0.2) is 4.98 Å². The zero-order valence-corrected chi connectivity index (χ0v) is 12.1. The molecule has 19 heavy (non-hydrogen) atoms. The van der Waals surface area contributed by atoms with Gasteiger partial charge in [-0.1, -0.05) is 18.9 Å². The van der Waals surface area contributed by atoms with Crippen LogP contribution < -0.4 is 4.90 Å². The van der Waals surface area contributed by atoms with Crippen LogP contribution in [-0.2, 0) is 5.88 Å². The summed E-state index contributed by atoms with van der Waals surface area (Å²) in [4.78, 5) is 7.25. The predicted octanol–water partition coefficient (Wildman–Crippen LogP) is 3.84. The molecule has 0 N–H and O–H groups in total. The SMILES string of the molecule is CCN(c1nc2ccccn2c1CCl)C1CCCC1. The van der Waals surface area contributed by atoms with Crippen molar-refractivity contribution >= 4 is 23.1 Å². The zero-order chi connectivity index (χ0) is 13.2. The van der Waals surface area contributed by atoms with Gasteiger partial charge in [-0.3, -0.25) is 0 Å². The third-order valence-corrected chi connectivity index (χ3v) is 4.37. The molecule has 4 heteroatoms. The fourth-order valence-corrected chi connectivity index (χ4v) is 3.43. The van der Waals surface area contributed by atoms with Gasteiger partial charge in [0.05, 0.1) is 11.6 Å². The van der Waals surface area contributed by atoms with Crippen molar-refractivity contribution in [2.75, 3.05) is 11.4 Å². The highest BCUT2D eigenvalue weighted by Gasteiger charge is 2.25. The van der Waals surface area contributed by atoms with Crippen molar-refractivity contribution in [3.63, 3.8) is 0 Å². The maximum atomic E-state index is 6.17. The monoisotopic (exact) mass is 277 g/mol. The maximum Gasteiger partial charge on any atom is 0.152 e. The van der Waals surface area contributed by atoms with Crippen molar-refractivity contribution in [1.29, 1.82) is 0 Å². The first-order chi connectivity index (χ1) is 9.35. The summed E-state index contributed by atoms with van der Waals surface area (Å²) < 4.78 is 2.11. The minimum atomic E-state index is 0.504. The number of alkyl halides is 1. The molecule has 2 aromatic heterocycles. The van der Waals surface area contributed by atoms with Crippen molar-refractivity contribution in [3.8, 4) is 0 Å². The van der Waals surface area contributed by atoms with Crippen molar-refractivity contribution < 1.29 is 0 Å². The third-order valence-electron chi connectivity index (χ3n) is 4.11. The largest absolute Gasteiger partial charge is 0.352 e. The molecule has 2 aromatic rings. The van der Waals surface area contributed by atoms with Gasteiger partial charge in [-0.15, -0.1) is 11.6 Å². The number of hydrogen-bond acceptors (Lipinski definition) is 2. The number of hydrogen-bond donors (Lipinski definition) is 0. The van der Waals surface area contributed by atoms with E-state index in [1.807, 2.05) is 24.4 Å². The zero-order valence-electron chi connectivity index (χ0n) is 11.3. The van der Waals surface area contributed by atoms with E-state index in [0.717, 1.165) is 23.7 Å². The molecular weight excluding hydrogens is 258 g/mol. The number of pyridine rings is 1.